The quantitative estimate of drug-likeness (QED) is 0.804. The lowest BCUT2D eigenvalue weighted by atomic mass is 10.2. The summed E-state index contributed by atoms with van der Waals surface area (Å²) in [6.07, 6.45) is 0.386. The van der Waals surface area contributed by atoms with Gasteiger partial charge < -0.3 is 14.6 Å². The molecule has 1 N–H and O–H groups in total. The minimum atomic E-state index is -0.0341. The van der Waals surface area contributed by atoms with Gasteiger partial charge in [0.15, 0.2) is 5.58 Å². The van der Waals surface area contributed by atoms with Crippen molar-refractivity contribution in [3.63, 3.8) is 0 Å². The molecular weight excluding hydrogens is 286 g/mol. The summed E-state index contributed by atoms with van der Waals surface area (Å²) in [5.41, 5.74) is 2.16. The van der Waals surface area contributed by atoms with Crippen molar-refractivity contribution in [2.45, 2.75) is 6.42 Å². The third-order valence-corrected chi connectivity index (χ3v) is 3.83. The molecule has 0 bridgehead atoms. The lowest BCUT2D eigenvalue weighted by Crippen LogP contribution is -2.13. The molecule has 0 atom stereocenters. The zero-order chi connectivity index (χ0) is 14.8. The molecule has 0 aliphatic carbocycles. The Kier molecular flexibility index (Phi) is 3.62. The third-order valence-electron chi connectivity index (χ3n) is 2.96. The molecule has 0 saturated heterocycles. The number of hydrogen-bond donors (Lipinski definition) is 1. The van der Waals surface area contributed by atoms with E-state index >= 15 is 0 Å². The predicted molar refractivity (Wildman–Crippen MR) is 85.0 cm³/mol. The summed E-state index contributed by atoms with van der Waals surface area (Å²) in [5, 5.41) is 4.85. The number of carbonyl (C=O) groups is 1. The van der Waals surface area contributed by atoms with E-state index in [1.54, 1.807) is 16.2 Å². The number of benzene rings is 1. The van der Waals surface area contributed by atoms with Gasteiger partial charge in [-0.3, -0.25) is 4.79 Å². The van der Waals surface area contributed by atoms with Gasteiger partial charge in [0.05, 0.1) is 6.42 Å². The Balaban J connectivity index is 1.76. The van der Waals surface area contributed by atoms with E-state index in [1.165, 1.54) is 0 Å². The first-order valence-corrected chi connectivity index (χ1v) is 7.40. The lowest BCUT2D eigenvalue weighted by molar-refractivity contribution is -0.115. The predicted octanol–water partition coefficient (Wildman–Crippen LogP) is 3.14. The largest absolute Gasteiger partial charge is 0.423 e. The average Bonchev–Trinajstić information content (AvgIpc) is 3.06. The average molecular weight is 301 g/mol. The van der Waals surface area contributed by atoms with Gasteiger partial charge in [-0.15, -0.1) is 11.3 Å². The fraction of sp³-hybridized carbons (Fsp3) is 0.200. The summed E-state index contributed by atoms with van der Waals surface area (Å²) in [6.45, 7) is 0. The number of fused-ring (bicyclic) bond motifs is 1. The number of carbonyl (C=O) groups excluding carboxylic acids is 1. The minimum absolute atomic E-state index is 0.0341. The van der Waals surface area contributed by atoms with Crippen LogP contribution in [0.25, 0.3) is 11.1 Å². The van der Waals surface area contributed by atoms with Crippen LogP contribution in [0.4, 0.5) is 11.7 Å². The zero-order valence-electron chi connectivity index (χ0n) is 11.8. The SMILES string of the molecule is CN(C)c1nc2cc(NC(=O)Cc3cccs3)ccc2o1. The molecule has 3 aromatic rings. The highest BCUT2D eigenvalue weighted by Gasteiger charge is 2.10. The van der Waals surface area contributed by atoms with Gasteiger partial charge in [-0.25, -0.2) is 0 Å². The molecule has 1 aromatic carbocycles. The van der Waals surface area contributed by atoms with Crippen LogP contribution in [-0.2, 0) is 11.2 Å². The van der Waals surface area contributed by atoms with Crippen LogP contribution < -0.4 is 10.2 Å². The summed E-state index contributed by atoms with van der Waals surface area (Å²) in [6, 6.07) is 9.89. The normalized spacial score (nSPS) is 10.8. The summed E-state index contributed by atoms with van der Waals surface area (Å²) in [7, 11) is 3.74. The fourth-order valence-corrected chi connectivity index (χ4v) is 2.66. The topological polar surface area (TPSA) is 58.4 Å². The highest BCUT2D eigenvalue weighted by molar-refractivity contribution is 7.10. The van der Waals surface area contributed by atoms with Crippen molar-refractivity contribution in [1.29, 1.82) is 0 Å². The third kappa shape index (κ3) is 3.05. The first kappa shape index (κ1) is 13.6. The standard InChI is InChI=1S/C15H15N3O2S/c1-18(2)15-17-12-8-10(5-6-13(12)20-15)16-14(19)9-11-4-3-7-21-11/h3-8H,9H2,1-2H3,(H,16,19). The molecule has 2 heterocycles. The Morgan fingerprint density at radius 2 is 2.24 bits per heavy atom. The van der Waals surface area contributed by atoms with Crippen molar-refractivity contribution in [2.75, 3.05) is 24.3 Å². The van der Waals surface area contributed by atoms with Gasteiger partial charge in [-0.1, -0.05) is 6.07 Å². The van der Waals surface area contributed by atoms with Crippen LogP contribution >= 0.6 is 11.3 Å². The van der Waals surface area contributed by atoms with E-state index in [0.29, 0.717) is 18.0 Å². The lowest BCUT2D eigenvalue weighted by Gasteiger charge is -2.03. The Labute approximate surface area is 126 Å². The number of amides is 1. The first-order chi connectivity index (χ1) is 10.1. The van der Waals surface area contributed by atoms with Gasteiger partial charge in [-0.2, -0.15) is 4.98 Å². The number of anilines is 2. The molecule has 0 fully saturated rings. The Morgan fingerprint density at radius 3 is 2.95 bits per heavy atom. The van der Waals surface area contributed by atoms with Crippen molar-refractivity contribution in [3.05, 3.63) is 40.6 Å². The molecule has 0 saturated carbocycles. The van der Waals surface area contributed by atoms with Crippen molar-refractivity contribution in [3.8, 4) is 0 Å². The summed E-state index contributed by atoms with van der Waals surface area (Å²) >= 11 is 1.58. The highest BCUT2D eigenvalue weighted by Crippen LogP contribution is 2.23. The number of nitrogens with one attached hydrogen (secondary N) is 1. The van der Waals surface area contributed by atoms with Crippen LogP contribution in [0.3, 0.4) is 0 Å². The van der Waals surface area contributed by atoms with Gasteiger partial charge in [0.2, 0.25) is 5.91 Å². The molecule has 1 amide bonds. The number of thiophene rings is 1. The number of hydrogen-bond acceptors (Lipinski definition) is 5. The van der Waals surface area contributed by atoms with Crippen molar-refractivity contribution >= 4 is 40.0 Å². The maximum atomic E-state index is 12.0. The number of aromatic nitrogens is 1. The van der Waals surface area contributed by atoms with E-state index in [1.807, 2.05) is 49.8 Å². The summed E-state index contributed by atoms with van der Waals surface area (Å²) < 4.78 is 5.58. The number of rotatable bonds is 4. The van der Waals surface area contributed by atoms with Crippen molar-refractivity contribution in [1.82, 2.24) is 4.98 Å². The molecule has 0 radical (unpaired) electrons. The second-order valence-electron chi connectivity index (χ2n) is 4.88. The van der Waals surface area contributed by atoms with E-state index in [0.717, 1.165) is 16.1 Å². The van der Waals surface area contributed by atoms with E-state index in [4.69, 9.17) is 4.42 Å². The second kappa shape index (κ2) is 5.57. The maximum Gasteiger partial charge on any atom is 0.297 e. The van der Waals surface area contributed by atoms with Crippen LogP contribution in [0.1, 0.15) is 4.88 Å². The van der Waals surface area contributed by atoms with Gasteiger partial charge in [0.1, 0.15) is 5.52 Å². The number of oxazole rings is 1. The van der Waals surface area contributed by atoms with Gasteiger partial charge >= 0.3 is 0 Å². The molecule has 0 spiro atoms. The maximum absolute atomic E-state index is 12.0. The molecule has 21 heavy (non-hydrogen) atoms. The number of nitrogens with zero attached hydrogens (tertiary/aromatic N) is 2. The van der Waals surface area contributed by atoms with Crippen molar-refractivity contribution < 1.29 is 9.21 Å². The van der Waals surface area contributed by atoms with E-state index in [2.05, 4.69) is 10.3 Å². The monoisotopic (exact) mass is 301 g/mol. The van der Waals surface area contributed by atoms with Gasteiger partial charge in [-0.05, 0) is 29.6 Å². The minimum Gasteiger partial charge on any atom is -0.423 e. The molecule has 6 heteroatoms. The van der Waals surface area contributed by atoms with Crippen LogP contribution in [0, 0.1) is 0 Å². The van der Waals surface area contributed by atoms with Crippen molar-refractivity contribution in [2.24, 2.45) is 0 Å². The van der Waals surface area contributed by atoms with Crippen LogP contribution in [0.2, 0.25) is 0 Å². The van der Waals surface area contributed by atoms with E-state index in [9.17, 15) is 4.79 Å². The molecule has 0 aliphatic rings. The molecule has 3 rings (SSSR count). The Bertz CT molecular complexity index is 762. The summed E-state index contributed by atoms with van der Waals surface area (Å²) in [5.74, 6) is -0.0341. The van der Waals surface area contributed by atoms with Gasteiger partial charge in [0, 0.05) is 24.7 Å². The molecular formula is C15H15N3O2S. The summed E-state index contributed by atoms with van der Waals surface area (Å²) in [4.78, 5) is 19.2. The molecule has 0 aliphatic heterocycles. The Hall–Kier alpha value is -2.34. The Morgan fingerprint density at radius 1 is 1.38 bits per heavy atom. The van der Waals surface area contributed by atoms with Crippen LogP contribution in [0.15, 0.2) is 40.1 Å². The van der Waals surface area contributed by atoms with Crippen LogP contribution in [0.5, 0.6) is 0 Å². The second-order valence-corrected chi connectivity index (χ2v) is 5.91. The van der Waals surface area contributed by atoms with Crippen LogP contribution in [-0.4, -0.2) is 25.0 Å². The fourth-order valence-electron chi connectivity index (χ4n) is 1.96. The molecule has 0 unspecified atom stereocenters. The van der Waals surface area contributed by atoms with Gasteiger partial charge in [0.25, 0.3) is 6.01 Å². The molecule has 108 valence electrons. The highest BCUT2D eigenvalue weighted by atomic mass is 32.1. The smallest absolute Gasteiger partial charge is 0.297 e. The van der Waals surface area contributed by atoms with E-state index < -0.39 is 0 Å². The van der Waals surface area contributed by atoms with E-state index in [-0.39, 0.29) is 5.91 Å². The molecule has 2 aromatic heterocycles. The molecule has 5 nitrogen and oxygen atoms in total. The first-order valence-electron chi connectivity index (χ1n) is 6.52. The zero-order valence-corrected chi connectivity index (χ0v) is 12.6.